The van der Waals surface area contributed by atoms with Crippen LogP contribution >= 0.6 is 0 Å². The average Bonchev–Trinajstić information content (AvgIpc) is 2.94. The molecule has 0 radical (unpaired) electrons. The number of aliphatic carboxylic acids is 1. The third-order valence-corrected chi connectivity index (χ3v) is 6.30. The van der Waals surface area contributed by atoms with E-state index < -0.39 is 18.0 Å². The van der Waals surface area contributed by atoms with Crippen LogP contribution in [0.1, 0.15) is 76.9 Å². The average molecular weight is 420 g/mol. The highest BCUT2D eigenvalue weighted by molar-refractivity contribution is 5.76. The zero-order chi connectivity index (χ0) is 22.1. The Kier molecular flexibility index (Phi) is 9.79. The second-order valence-electron chi connectivity index (χ2n) is 8.51. The number of carboxylic acids is 1. The number of esters is 1. The van der Waals surface area contributed by atoms with Crippen LogP contribution in [0.15, 0.2) is 30.3 Å². The molecule has 1 aromatic carbocycles. The number of carboxylic acid groups (broad SMARTS) is 1. The van der Waals surface area contributed by atoms with E-state index in [0.29, 0.717) is 17.6 Å². The van der Waals surface area contributed by atoms with Gasteiger partial charge in [0, 0.05) is 12.1 Å². The van der Waals surface area contributed by atoms with E-state index in [1.165, 1.54) is 12.8 Å². The van der Waals surface area contributed by atoms with Crippen molar-refractivity contribution in [1.82, 2.24) is 4.90 Å². The molecule has 4 atom stereocenters. The summed E-state index contributed by atoms with van der Waals surface area (Å²) < 4.78 is 5.52. The molecule has 2 bridgehead atoms. The van der Waals surface area contributed by atoms with Crippen molar-refractivity contribution in [3.8, 4) is 0 Å². The lowest BCUT2D eigenvalue weighted by atomic mass is 9.99. The number of benzene rings is 1. The summed E-state index contributed by atoms with van der Waals surface area (Å²) in [6.45, 7) is 4.04. The van der Waals surface area contributed by atoms with Crippen LogP contribution in [0.5, 0.6) is 0 Å². The van der Waals surface area contributed by atoms with Gasteiger partial charge in [-0.05, 0) is 51.1 Å². The Balaban J connectivity index is 0.000000274. The molecule has 2 fully saturated rings. The van der Waals surface area contributed by atoms with E-state index in [9.17, 15) is 14.7 Å². The topological polar surface area (TPSA) is 87.1 Å². The predicted molar refractivity (Wildman–Crippen MR) is 116 cm³/mol. The molecule has 0 aromatic heterocycles. The summed E-state index contributed by atoms with van der Waals surface area (Å²) in [7, 11) is 2.15. The predicted octanol–water partition coefficient (Wildman–Crippen LogP) is 4.18. The molecule has 3 rings (SSSR count). The molecule has 2 heterocycles. The molecule has 1 unspecified atom stereocenters. The Morgan fingerprint density at radius 2 is 1.60 bits per heavy atom. The second-order valence-corrected chi connectivity index (χ2v) is 8.51. The molecular weight excluding hydrogens is 382 g/mol. The number of rotatable bonds is 8. The number of nitrogens with zero attached hydrogens (tertiary/aromatic N) is 1. The Morgan fingerprint density at radius 1 is 1.07 bits per heavy atom. The van der Waals surface area contributed by atoms with Crippen molar-refractivity contribution in [2.24, 2.45) is 5.92 Å². The standard InChI is InChI=1S/C16H21NO3.C8H16O2/c1-17-12-7-8-13(17)10-14(9-12)20-16(19)15(18)11-5-3-2-4-6-11;1-3-5-7(6-4-2)8(9)10/h2-6,12-15,18H,7-10H2,1H3;7H,3-6H2,1-2H3,(H,9,10)/t12-,13+,14+,15?;. The SMILES string of the molecule is CCCC(CCC)C(=O)O.CN1[C@@H]2CC[C@H]1C[C@@H](OC(=O)C(O)c1ccccc1)C2. The number of hydrogen-bond donors (Lipinski definition) is 2. The van der Waals surface area contributed by atoms with Gasteiger partial charge in [-0.1, -0.05) is 57.0 Å². The maximum absolute atomic E-state index is 12.0. The fraction of sp³-hybridized carbons (Fsp3) is 0.667. The van der Waals surface area contributed by atoms with Gasteiger partial charge in [0.2, 0.25) is 0 Å². The largest absolute Gasteiger partial charge is 0.481 e. The molecule has 0 spiro atoms. The monoisotopic (exact) mass is 419 g/mol. The summed E-state index contributed by atoms with van der Waals surface area (Å²) in [4.78, 5) is 24.9. The lowest BCUT2D eigenvalue weighted by molar-refractivity contribution is -0.162. The maximum Gasteiger partial charge on any atom is 0.339 e. The normalized spacial score (nSPS) is 24.1. The summed E-state index contributed by atoms with van der Waals surface area (Å²) in [5.74, 6) is -1.26. The van der Waals surface area contributed by atoms with E-state index in [1.54, 1.807) is 12.1 Å². The molecule has 6 nitrogen and oxygen atoms in total. The Morgan fingerprint density at radius 3 is 2.07 bits per heavy atom. The molecule has 0 saturated carbocycles. The van der Waals surface area contributed by atoms with Gasteiger partial charge < -0.3 is 19.8 Å². The van der Waals surface area contributed by atoms with Crippen LogP contribution in [-0.2, 0) is 14.3 Å². The summed E-state index contributed by atoms with van der Waals surface area (Å²) in [5.41, 5.74) is 0.591. The van der Waals surface area contributed by atoms with Gasteiger partial charge in [0.05, 0.1) is 5.92 Å². The van der Waals surface area contributed by atoms with Gasteiger partial charge in [-0.15, -0.1) is 0 Å². The highest BCUT2D eigenvalue weighted by Crippen LogP contribution is 2.35. The number of piperidine rings is 1. The van der Waals surface area contributed by atoms with Crippen LogP contribution in [0.4, 0.5) is 0 Å². The molecule has 2 saturated heterocycles. The Bertz CT molecular complexity index is 645. The second kappa shape index (κ2) is 12.1. The van der Waals surface area contributed by atoms with Crippen molar-refractivity contribution in [3.63, 3.8) is 0 Å². The van der Waals surface area contributed by atoms with E-state index in [2.05, 4.69) is 11.9 Å². The van der Waals surface area contributed by atoms with Gasteiger partial charge >= 0.3 is 11.9 Å². The zero-order valence-corrected chi connectivity index (χ0v) is 18.5. The minimum atomic E-state index is -1.17. The molecule has 6 heteroatoms. The third kappa shape index (κ3) is 6.81. The van der Waals surface area contributed by atoms with Crippen LogP contribution in [0, 0.1) is 5.92 Å². The molecule has 0 aliphatic carbocycles. The first-order valence-corrected chi connectivity index (χ1v) is 11.3. The van der Waals surface area contributed by atoms with Gasteiger partial charge in [0.15, 0.2) is 6.10 Å². The summed E-state index contributed by atoms with van der Waals surface area (Å²) in [6.07, 6.45) is 6.52. The number of ether oxygens (including phenoxy) is 1. The molecule has 0 amide bonds. The van der Waals surface area contributed by atoms with Crippen LogP contribution in [0.3, 0.4) is 0 Å². The van der Waals surface area contributed by atoms with E-state index in [1.807, 2.05) is 32.0 Å². The van der Waals surface area contributed by atoms with Crippen molar-refractivity contribution in [2.45, 2.75) is 89.5 Å². The van der Waals surface area contributed by atoms with Crippen LogP contribution in [0.2, 0.25) is 0 Å². The van der Waals surface area contributed by atoms with Gasteiger partial charge in [0.1, 0.15) is 6.10 Å². The Hall–Kier alpha value is -1.92. The first kappa shape index (κ1) is 24.4. The third-order valence-electron chi connectivity index (χ3n) is 6.30. The van der Waals surface area contributed by atoms with Gasteiger partial charge in [0.25, 0.3) is 0 Å². The van der Waals surface area contributed by atoms with Crippen molar-refractivity contribution in [2.75, 3.05) is 7.05 Å². The number of carbonyl (C=O) groups excluding carboxylic acids is 1. The molecule has 2 N–H and O–H groups in total. The lowest BCUT2D eigenvalue weighted by Crippen LogP contribution is -2.43. The first-order valence-electron chi connectivity index (χ1n) is 11.3. The molecule has 1 aromatic rings. The number of fused-ring (bicyclic) bond motifs is 2. The molecular formula is C24H37NO5. The summed E-state index contributed by atoms with van der Waals surface area (Å²) in [5, 5.41) is 18.7. The van der Waals surface area contributed by atoms with Crippen molar-refractivity contribution in [1.29, 1.82) is 0 Å². The number of aliphatic hydroxyl groups excluding tert-OH is 1. The van der Waals surface area contributed by atoms with Crippen LogP contribution < -0.4 is 0 Å². The van der Waals surface area contributed by atoms with Crippen LogP contribution in [-0.4, -0.2) is 52.3 Å². The zero-order valence-electron chi connectivity index (χ0n) is 18.5. The molecule has 30 heavy (non-hydrogen) atoms. The summed E-state index contributed by atoms with van der Waals surface area (Å²) in [6, 6.07) is 10.0. The fourth-order valence-electron chi connectivity index (χ4n) is 4.55. The summed E-state index contributed by atoms with van der Waals surface area (Å²) >= 11 is 0. The minimum absolute atomic E-state index is 0.0467. The van der Waals surface area contributed by atoms with Gasteiger partial charge in [-0.3, -0.25) is 4.79 Å². The van der Waals surface area contributed by atoms with Gasteiger partial charge in [-0.25, -0.2) is 4.79 Å². The Labute approximate surface area is 180 Å². The smallest absolute Gasteiger partial charge is 0.339 e. The highest BCUT2D eigenvalue weighted by Gasteiger charge is 2.40. The lowest BCUT2D eigenvalue weighted by Gasteiger charge is -2.36. The van der Waals surface area contributed by atoms with E-state index >= 15 is 0 Å². The highest BCUT2D eigenvalue weighted by atomic mass is 16.6. The maximum atomic E-state index is 12.0. The molecule has 168 valence electrons. The van der Waals surface area contributed by atoms with E-state index in [-0.39, 0.29) is 12.0 Å². The van der Waals surface area contributed by atoms with Gasteiger partial charge in [-0.2, -0.15) is 0 Å². The minimum Gasteiger partial charge on any atom is -0.481 e. The van der Waals surface area contributed by atoms with Crippen molar-refractivity contribution in [3.05, 3.63) is 35.9 Å². The number of hydrogen-bond acceptors (Lipinski definition) is 5. The number of carbonyl (C=O) groups is 2. The quantitative estimate of drug-likeness (QED) is 0.615. The van der Waals surface area contributed by atoms with E-state index in [0.717, 1.165) is 38.5 Å². The van der Waals surface area contributed by atoms with Crippen molar-refractivity contribution >= 4 is 11.9 Å². The first-order chi connectivity index (χ1) is 14.4. The molecule has 2 aliphatic heterocycles. The van der Waals surface area contributed by atoms with E-state index in [4.69, 9.17) is 9.84 Å². The number of aliphatic hydroxyl groups is 1. The van der Waals surface area contributed by atoms with Crippen LogP contribution in [0.25, 0.3) is 0 Å². The fourth-order valence-corrected chi connectivity index (χ4v) is 4.55. The van der Waals surface area contributed by atoms with Crippen molar-refractivity contribution < 1.29 is 24.5 Å². The molecule has 2 aliphatic rings.